The zero-order valence-electron chi connectivity index (χ0n) is 18.3. The van der Waals surface area contributed by atoms with Crippen LogP contribution in [0.15, 0.2) is 96.7 Å². The Morgan fingerprint density at radius 3 is 2.31 bits per heavy atom. The molecule has 0 aromatic heterocycles. The molecule has 1 aliphatic heterocycles. The fourth-order valence-corrected chi connectivity index (χ4v) is 4.95. The summed E-state index contributed by atoms with van der Waals surface area (Å²) in [5, 5.41) is 1.93. The minimum Gasteiger partial charge on any atom is -0.378 e. The fourth-order valence-electron chi connectivity index (χ4n) is 4.10. The third-order valence-electron chi connectivity index (χ3n) is 5.77. The number of benzene rings is 3. The normalized spacial score (nSPS) is 18.9. The molecule has 0 amide bonds. The van der Waals surface area contributed by atoms with Crippen LogP contribution in [0, 0.1) is 0 Å². The zero-order valence-corrected chi connectivity index (χ0v) is 19.1. The Balaban J connectivity index is 1.78. The molecule has 4 rings (SSSR count). The molecule has 0 saturated heterocycles. The summed E-state index contributed by atoms with van der Waals surface area (Å²) < 4.78 is 35.5. The van der Waals surface area contributed by atoms with Crippen LogP contribution in [0.5, 0.6) is 0 Å². The van der Waals surface area contributed by atoms with Gasteiger partial charge in [0.1, 0.15) is 0 Å². The highest BCUT2D eigenvalue weighted by Crippen LogP contribution is 2.40. The fraction of sp³-hybridized carbons (Fsp3) is 0.154. The Bertz CT molecular complexity index is 1330. The lowest BCUT2D eigenvalue weighted by atomic mass is 9.84. The van der Waals surface area contributed by atoms with E-state index in [0.29, 0.717) is 0 Å². The van der Waals surface area contributed by atoms with Gasteiger partial charge in [0, 0.05) is 26.0 Å². The van der Waals surface area contributed by atoms with Gasteiger partial charge in [-0.25, -0.2) is 4.31 Å². The van der Waals surface area contributed by atoms with Crippen LogP contribution >= 0.6 is 0 Å². The number of rotatable bonds is 5. The van der Waals surface area contributed by atoms with E-state index in [0.717, 1.165) is 37.5 Å². The molecule has 32 heavy (non-hydrogen) atoms. The molecule has 0 fully saturated rings. The highest BCUT2D eigenvalue weighted by atomic mass is 32.2. The van der Waals surface area contributed by atoms with E-state index in [-0.39, 0.29) is 0 Å². The van der Waals surface area contributed by atoms with Gasteiger partial charge >= 0.3 is 10.3 Å². The van der Waals surface area contributed by atoms with E-state index in [1.807, 2.05) is 104 Å². The van der Waals surface area contributed by atoms with Gasteiger partial charge in [-0.2, -0.15) is 8.42 Å². The highest BCUT2D eigenvalue weighted by Gasteiger charge is 2.39. The van der Waals surface area contributed by atoms with Gasteiger partial charge in [-0.3, -0.25) is 4.55 Å². The van der Waals surface area contributed by atoms with E-state index in [1.54, 1.807) is 13.0 Å². The van der Waals surface area contributed by atoms with E-state index in [4.69, 9.17) is 0 Å². The summed E-state index contributed by atoms with van der Waals surface area (Å²) in [5.41, 5.74) is 2.69. The molecule has 0 saturated carbocycles. The molecule has 164 valence electrons. The van der Waals surface area contributed by atoms with Crippen molar-refractivity contribution in [1.82, 2.24) is 4.31 Å². The van der Waals surface area contributed by atoms with Crippen molar-refractivity contribution in [3.05, 3.63) is 108 Å². The molecule has 0 aliphatic carbocycles. The summed E-state index contributed by atoms with van der Waals surface area (Å²) in [7, 11) is -0.485. The third kappa shape index (κ3) is 4.20. The minimum atomic E-state index is -4.48. The largest absolute Gasteiger partial charge is 0.378 e. The first-order valence-electron chi connectivity index (χ1n) is 10.3. The molecule has 3 aromatic rings. The van der Waals surface area contributed by atoms with Crippen LogP contribution in [-0.2, 0) is 15.8 Å². The maximum absolute atomic E-state index is 12.3. The van der Waals surface area contributed by atoms with Crippen LogP contribution in [0.1, 0.15) is 18.1 Å². The minimum absolute atomic E-state index is 0.791. The molecule has 1 heterocycles. The number of fused-ring (bicyclic) bond motifs is 1. The van der Waals surface area contributed by atoms with E-state index >= 15 is 0 Å². The van der Waals surface area contributed by atoms with Crippen LogP contribution in [0.25, 0.3) is 16.8 Å². The monoisotopic (exact) mass is 446 g/mol. The Morgan fingerprint density at radius 2 is 1.62 bits per heavy atom. The molecule has 1 N–H and O–H groups in total. The van der Waals surface area contributed by atoms with Crippen LogP contribution in [0.3, 0.4) is 0 Å². The van der Waals surface area contributed by atoms with Gasteiger partial charge in [-0.1, -0.05) is 66.7 Å². The van der Waals surface area contributed by atoms with Crippen molar-refractivity contribution >= 4 is 32.8 Å². The average molecular weight is 447 g/mol. The summed E-state index contributed by atoms with van der Waals surface area (Å²) in [5.74, 6) is 0. The van der Waals surface area contributed by atoms with E-state index in [1.165, 1.54) is 6.20 Å². The second kappa shape index (κ2) is 8.30. The molecule has 0 spiro atoms. The van der Waals surface area contributed by atoms with Gasteiger partial charge in [0.25, 0.3) is 0 Å². The summed E-state index contributed by atoms with van der Waals surface area (Å²) >= 11 is 0. The van der Waals surface area contributed by atoms with Gasteiger partial charge in [0.15, 0.2) is 0 Å². The summed E-state index contributed by atoms with van der Waals surface area (Å²) in [6.07, 6.45) is 8.92. The standard InChI is InChI=1S/C26H26N2O3S/c1-26(25-10-6-8-22-7-4-5-9-24(22)25)19-21(17-18-28(26)32(29,30)31)12-11-20-13-15-23(16-14-20)27(2)3/h4-19H,1-3H3,(H,29,30,31). The molecule has 3 aromatic carbocycles. The van der Waals surface area contributed by atoms with E-state index in [2.05, 4.69) is 0 Å². The average Bonchev–Trinajstić information content (AvgIpc) is 2.76. The molecular weight excluding hydrogens is 420 g/mol. The van der Waals surface area contributed by atoms with Crippen molar-refractivity contribution < 1.29 is 13.0 Å². The first-order chi connectivity index (χ1) is 15.2. The lowest BCUT2D eigenvalue weighted by Crippen LogP contribution is -2.44. The lowest BCUT2D eigenvalue weighted by molar-refractivity contribution is 0.298. The van der Waals surface area contributed by atoms with Crippen LogP contribution < -0.4 is 4.90 Å². The molecule has 5 nitrogen and oxygen atoms in total. The van der Waals surface area contributed by atoms with E-state index < -0.39 is 15.8 Å². The quantitative estimate of drug-likeness (QED) is 0.534. The summed E-state index contributed by atoms with van der Waals surface area (Å²) in [4.78, 5) is 2.04. The first-order valence-corrected chi connectivity index (χ1v) is 11.7. The molecule has 0 radical (unpaired) electrons. The number of hydrogen-bond acceptors (Lipinski definition) is 3. The SMILES string of the molecule is CN(C)c1ccc(C=CC2=CC(C)(c3cccc4ccccc34)N(S(=O)(=O)O)C=C2)cc1. The Labute approximate surface area is 189 Å². The summed E-state index contributed by atoms with van der Waals surface area (Å²) in [6.45, 7) is 1.80. The maximum Gasteiger partial charge on any atom is 0.360 e. The summed E-state index contributed by atoms with van der Waals surface area (Å²) in [6, 6.07) is 21.8. The van der Waals surface area contributed by atoms with Crippen molar-refractivity contribution in [2.75, 3.05) is 19.0 Å². The molecule has 0 bridgehead atoms. The van der Waals surface area contributed by atoms with Gasteiger partial charge in [-0.05, 0) is 58.7 Å². The van der Waals surface area contributed by atoms with Crippen molar-refractivity contribution in [1.29, 1.82) is 0 Å². The predicted octanol–water partition coefficient (Wildman–Crippen LogP) is 5.39. The lowest BCUT2D eigenvalue weighted by Gasteiger charge is -2.39. The smallest absolute Gasteiger partial charge is 0.360 e. The number of nitrogens with zero attached hydrogens (tertiary/aromatic N) is 2. The maximum atomic E-state index is 12.3. The third-order valence-corrected chi connectivity index (χ3v) is 6.77. The number of hydrogen-bond donors (Lipinski definition) is 1. The van der Waals surface area contributed by atoms with Gasteiger partial charge in [0.05, 0.1) is 5.54 Å². The molecular formula is C26H26N2O3S. The molecule has 1 aliphatic rings. The first kappa shape index (κ1) is 21.9. The van der Waals surface area contributed by atoms with Gasteiger partial charge in [-0.15, -0.1) is 0 Å². The molecule has 1 unspecified atom stereocenters. The van der Waals surface area contributed by atoms with Crippen LogP contribution in [-0.4, -0.2) is 31.4 Å². The van der Waals surface area contributed by atoms with Crippen molar-refractivity contribution in [2.45, 2.75) is 12.5 Å². The Morgan fingerprint density at radius 1 is 0.938 bits per heavy atom. The van der Waals surface area contributed by atoms with Gasteiger partial charge < -0.3 is 4.90 Å². The van der Waals surface area contributed by atoms with E-state index in [9.17, 15) is 13.0 Å². The van der Waals surface area contributed by atoms with Crippen molar-refractivity contribution in [2.24, 2.45) is 0 Å². The van der Waals surface area contributed by atoms with Crippen molar-refractivity contribution in [3.63, 3.8) is 0 Å². The zero-order chi connectivity index (χ0) is 22.9. The predicted molar refractivity (Wildman–Crippen MR) is 132 cm³/mol. The second-order valence-corrected chi connectivity index (χ2v) is 9.52. The second-order valence-electron chi connectivity index (χ2n) is 8.23. The van der Waals surface area contributed by atoms with Crippen molar-refractivity contribution in [3.8, 4) is 0 Å². The Hall–Kier alpha value is -3.35. The molecule has 1 atom stereocenters. The highest BCUT2D eigenvalue weighted by molar-refractivity contribution is 7.83. The topological polar surface area (TPSA) is 60.9 Å². The van der Waals surface area contributed by atoms with Crippen LogP contribution in [0.2, 0.25) is 0 Å². The molecule has 6 heteroatoms. The van der Waals surface area contributed by atoms with Crippen LogP contribution in [0.4, 0.5) is 5.69 Å². The Kier molecular flexibility index (Phi) is 5.67. The number of anilines is 1. The number of allylic oxidation sites excluding steroid dienone is 3. The van der Waals surface area contributed by atoms with Gasteiger partial charge in [0.2, 0.25) is 0 Å².